The number of fused-ring (bicyclic) bond motifs is 1. The first-order chi connectivity index (χ1) is 9.99. The van der Waals surface area contributed by atoms with Crippen molar-refractivity contribution in [1.82, 2.24) is 10.3 Å². The van der Waals surface area contributed by atoms with Gasteiger partial charge in [0.1, 0.15) is 5.52 Å². The monoisotopic (exact) mass is 308 g/mol. The minimum Gasteiger partial charge on any atom is -0.423 e. The minimum absolute atomic E-state index is 0.218. The van der Waals surface area contributed by atoms with Gasteiger partial charge in [0.15, 0.2) is 5.58 Å². The van der Waals surface area contributed by atoms with Crippen LogP contribution in [0.2, 0.25) is 5.02 Å². The van der Waals surface area contributed by atoms with Gasteiger partial charge in [0.2, 0.25) is 0 Å². The standard InChI is InChI=1S/C14H17ClN4O2/c1-7-5-9(15)10(13(16)20)11-12(7)21-14(18-11)19-4-3-17-6-8(19)2/h5,8,17H,3-4,6H2,1-2H3,(H2,16,20)/t8-/m0/s1. The van der Waals surface area contributed by atoms with Crippen molar-refractivity contribution < 1.29 is 9.21 Å². The third-order valence-corrected chi connectivity index (χ3v) is 4.08. The van der Waals surface area contributed by atoms with Gasteiger partial charge < -0.3 is 20.4 Å². The molecule has 6 nitrogen and oxygen atoms in total. The van der Waals surface area contributed by atoms with E-state index in [1.54, 1.807) is 6.07 Å². The highest BCUT2D eigenvalue weighted by molar-refractivity contribution is 6.35. The molecule has 1 fully saturated rings. The third kappa shape index (κ3) is 2.34. The van der Waals surface area contributed by atoms with Crippen LogP contribution in [0.4, 0.5) is 6.01 Å². The van der Waals surface area contributed by atoms with Gasteiger partial charge in [-0.25, -0.2) is 0 Å². The number of aromatic nitrogens is 1. The van der Waals surface area contributed by atoms with Gasteiger partial charge in [-0.1, -0.05) is 11.6 Å². The molecule has 1 saturated heterocycles. The average molecular weight is 309 g/mol. The Morgan fingerprint density at radius 2 is 2.38 bits per heavy atom. The smallest absolute Gasteiger partial charge is 0.298 e. The van der Waals surface area contributed by atoms with Crippen molar-refractivity contribution in [2.75, 3.05) is 24.5 Å². The van der Waals surface area contributed by atoms with Gasteiger partial charge >= 0.3 is 0 Å². The van der Waals surface area contributed by atoms with Crippen molar-refractivity contribution in [2.45, 2.75) is 19.9 Å². The Labute approximate surface area is 127 Å². The summed E-state index contributed by atoms with van der Waals surface area (Å²) < 4.78 is 5.88. The Balaban J connectivity index is 2.17. The van der Waals surface area contributed by atoms with E-state index in [4.69, 9.17) is 21.8 Å². The topological polar surface area (TPSA) is 84.4 Å². The molecule has 0 radical (unpaired) electrons. The van der Waals surface area contributed by atoms with Crippen LogP contribution in [0.3, 0.4) is 0 Å². The maximum absolute atomic E-state index is 11.6. The van der Waals surface area contributed by atoms with Crippen LogP contribution in [0.5, 0.6) is 0 Å². The lowest BCUT2D eigenvalue weighted by molar-refractivity contribution is 0.100. The fourth-order valence-corrected chi connectivity index (χ4v) is 3.02. The second kappa shape index (κ2) is 5.20. The lowest BCUT2D eigenvalue weighted by atomic mass is 10.1. The van der Waals surface area contributed by atoms with E-state index in [1.165, 1.54) is 0 Å². The maximum Gasteiger partial charge on any atom is 0.298 e. The van der Waals surface area contributed by atoms with E-state index in [2.05, 4.69) is 22.1 Å². The molecule has 1 aromatic carbocycles. The van der Waals surface area contributed by atoms with Gasteiger partial charge in [-0.3, -0.25) is 4.79 Å². The van der Waals surface area contributed by atoms with Crippen molar-refractivity contribution in [2.24, 2.45) is 5.73 Å². The molecule has 0 bridgehead atoms. The molecular weight excluding hydrogens is 292 g/mol. The number of nitrogens with one attached hydrogen (secondary N) is 1. The molecule has 1 amide bonds. The predicted octanol–water partition coefficient (Wildman–Crippen LogP) is 1.69. The second-order valence-corrected chi connectivity index (χ2v) is 5.74. The molecule has 1 aliphatic heterocycles. The van der Waals surface area contributed by atoms with E-state index in [0.717, 1.165) is 25.2 Å². The Bertz CT molecular complexity index is 713. The molecule has 3 rings (SSSR count). The number of primary amides is 1. The van der Waals surface area contributed by atoms with E-state index in [9.17, 15) is 4.79 Å². The number of aryl methyl sites for hydroxylation is 1. The summed E-state index contributed by atoms with van der Waals surface area (Å²) in [5.74, 6) is -0.599. The summed E-state index contributed by atoms with van der Waals surface area (Å²) in [6, 6.07) is 2.45. The quantitative estimate of drug-likeness (QED) is 0.882. The van der Waals surface area contributed by atoms with Crippen LogP contribution in [0.25, 0.3) is 11.1 Å². The number of amides is 1. The first-order valence-electron chi connectivity index (χ1n) is 6.86. The molecule has 2 heterocycles. The molecule has 1 aliphatic rings. The number of nitrogens with two attached hydrogens (primary N) is 1. The predicted molar refractivity (Wildman–Crippen MR) is 82.0 cm³/mol. The fraction of sp³-hybridized carbons (Fsp3) is 0.429. The fourth-order valence-electron chi connectivity index (χ4n) is 2.67. The van der Waals surface area contributed by atoms with Crippen LogP contribution in [-0.4, -0.2) is 36.6 Å². The van der Waals surface area contributed by atoms with Crippen molar-refractivity contribution in [3.63, 3.8) is 0 Å². The largest absolute Gasteiger partial charge is 0.423 e. The van der Waals surface area contributed by atoms with Crippen molar-refractivity contribution in [3.05, 3.63) is 22.2 Å². The number of hydrogen-bond donors (Lipinski definition) is 2. The van der Waals surface area contributed by atoms with Gasteiger partial charge in [-0.05, 0) is 25.5 Å². The lowest BCUT2D eigenvalue weighted by Gasteiger charge is -2.32. The average Bonchev–Trinajstić information content (AvgIpc) is 2.83. The van der Waals surface area contributed by atoms with Crippen LogP contribution in [-0.2, 0) is 0 Å². The molecule has 0 aliphatic carbocycles. The number of anilines is 1. The van der Waals surface area contributed by atoms with Gasteiger partial charge in [-0.15, -0.1) is 0 Å². The van der Waals surface area contributed by atoms with Crippen LogP contribution in [0.15, 0.2) is 10.5 Å². The summed E-state index contributed by atoms with van der Waals surface area (Å²) in [5, 5.41) is 3.62. The van der Waals surface area contributed by atoms with Crippen molar-refractivity contribution in [1.29, 1.82) is 0 Å². The number of nitrogens with zero attached hydrogens (tertiary/aromatic N) is 2. The highest BCUT2D eigenvalue weighted by Crippen LogP contribution is 2.32. The zero-order valence-electron chi connectivity index (χ0n) is 11.9. The molecule has 3 N–H and O–H groups in total. The van der Waals surface area contributed by atoms with E-state index in [1.807, 2.05) is 6.92 Å². The summed E-state index contributed by atoms with van der Waals surface area (Å²) >= 11 is 6.12. The number of hydrogen-bond acceptors (Lipinski definition) is 5. The first kappa shape index (κ1) is 14.2. The van der Waals surface area contributed by atoms with Crippen molar-refractivity contribution in [3.8, 4) is 0 Å². The molecule has 112 valence electrons. The Kier molecular flexibility index (Phi) is 3.51. The third-order valence-electron chi connectivity index (χ3n) is 3.79. The Morgan fingerprint density at radius 1 is 1.62 bits per heavy atom. The summed E-state index contributed by atoms with van der Waals surface area (Å²) in [6.07, 6.45) is 0. The summed E-state index contributed by atoms with van der Waals surface area (Å²) in [5.41, 5.74) is 7.47. The number of rotatable bonds is 2. The van der Waals surface area contributed by atoms with Gasteiger partial charge in [0.25, 0.3) is 11.9 Å². The minimum atomic E-state index is -0.599. The zero-order valence-corrected chi connectivity index (χ0v) is 12.7. The molecular formula is C14H17ClN4O2. The van der Waals surface area contributed by atoms with Crippen LogP contribution in [0, 0.1) is 6.92 Å². The second-order valence-electron chi connectivity index (χ2n) is 5.34. The molecule has 0 unspecified atom stereocenters. The molecule has 2 aromatic rings. The highest BCUT2D eigenvalue weighted by atomic mass is 35.5. The van der Waals surface area contributed by atoms with Gasteiger partial charge in [0.05, 0.1) is 10.6 Å². The number of halogens is 1. The normalized spacial score (nSPS) is 19.2. The maximum atomic E-state index is 11.6. The van der Waals surface area contributed by atoms with Gasteiger partial charge in [0, 0.05) is 25.7 Å². The zero-order chi connectivity index (χ0) is 15.1. The van der Waals surface area contributed by atoms with Crippen molar-refractivity contribution >= 4 is 34.6 Å². The van der Waals surface area contributed by atoms with E-state index in [-0.39, 0.29) is 11.6 Å². The number of carbonyl (C=O) groups is 1. The number of oxazole rings is 1. The van der Waals surface area contributed by atoms with E-state index < -0.39 is 5.91 Å². The lowest BCUT2D eigenvalue weighted by Crippen LogP contribution is -2.50. The highest BCUT2D eigenvalue weighted by Gasteiger charge is 2.25. The molecule has 1 atom stereocenters. The van der Waals surface area contributed by atoms with Crippen LogP contribution < -0.4 is 16.0 Å². The van der Waals surface area contributed by atoms with Crippen LogP contribution >= 0.6 is 11.6 Å². The van der Waals surface area contributed by atoms with E-state index >= 15 is 0 Å². The number of piperazine rings is 1. The summed E-state index contributed by atoms with van der Waals surface area (Å²) in [7, 11) is 0. The summed E-state index contributed by atoms with van der Waals surface area (Å²) in [6.45, 7) is 6.49. The Hall–Kier alpha value is -1.79. The number of benzene rings is 1. The first-order valence-corrected chi connectivity index (χ1v) is 7.23. The van der Waals surface area contributed by atoms with E-state index in [0.29, 0.717) is 22.1 Å². The molecule has 21 heavy (non-hydrogen) atoms. The molecule has 0 spiro atoms. The van der Waals surface area contributed by atoms with Crippen LogP contribution in [0.1, 0.15) is 22.8 Å². The number of carbonyl (C=O) groups excluding carboxylic acids is 1. The molecule has 0 saturated carbocycles. The Morgan fingerprint density at radius 3 is 3.05 bits per heavy atom. The molecule has 7 heteroatoms. The van der Waals surface area contributed by atoms with Gasteiger partial charge in [-0.2, -0.15) is 4.98 Å². The SMILES string of the molecule is Cc1cc(Cl)c(C(N)=O)c2nc(N3CCNC[C@@H]3C)oc12. The summed E-state index contributed by atoms with van der Waals surface area (Å²) in [4.78, 5) is 18.2. The molecule has 1 aromatic heterocycles.